The molecule has 1 atom stereocenters. The van der Waals surface area contributed by atoms with Crippen molar-refractivity contribution in [1.82, 2.24) is 14.5 Å². The summed E-state index contributed by atoms with van der Waals surface area (Å²) < 4.78 is 25.2. The lowest BCUT2D eigenvalue weighted by Crippen LogP contribution is -2.24. The Labute approximate surface area is 137 Å². The largest absolute Gasteiger partial charge is 0.336 e. The Kier molecular flexibility index (Phi) is 4.29. The standard InChI is InChI=1S/C17H23N3O2S/c1-13-11-19(2)17(18-13)16-5-4-10-20(16)12-14-6-8-15(9-7-14)23(3,21)22/h6-9,11,16H,4-5,10,12H2,1-3H3/t16-/m1/s1. The monoisotopic (exact) mass is 333 g/mol. The highest BCUT2D eigenvalue weighted by molar-refractivity contribution is 7.90. The fraction of sp³-hybridized carbons (Fsp3) is 0.471. The Morgan fingerprint density at radius 1 is 1.26 bits per heavy atom. The third kappa shape index (κ3) is 3.48. The van der Waals surface area contributed by atoms with Gasteiger partial charge in [-0.15, -0.1) is 0 Å². The minimum atomic E-state index is -3.13. The van der Waals surface area contributed by atoms with Gasteiger partial charge < -0.3 is 4.57 Å². The zero-order valence-corrected chi connectivity index (χ0v) is 14.7. The van der Waals surface area contributed by atoms with E-state index in [9.17, 15) is 8.42 Å². The maximum Gasteiger partial charge on any atom is 0.175 e. The van der Waals surface area contributed by atoms with Crippen LogP contribution in [0.1, 0.15) is 36.0 Å². The fourth-order valence-electron chi connectivity index (χ4n) is 3.33. The molecular formula is C17H23N3O2S. The number of hydrogen-bond acceptors (Lipinski definition) is 4. The summed E-state index contributed by atoms with van der Waals surface area (Å²) in [5.74, 6) is 1.12. The summed E-state index contributed by atoms with van der Waals surface area (Å²) in [5.41, 5.74) is 2.18. The minimum absolute atomic E-state index is 0.336. The molecule has 0 bridgehead atoms. The van der Waals surface area contributed by atoms with Gasteiger partial charge in [0.1, 0.15) is 5.82 Å². The van der Waals surface area contributed by atoms with E-state index in [1.165, 1.54) is 6.26 Å². The van der Waals surface area contributed by atoms with Gasteiger partial charge in [-0.05, 0) is 44.0 Å². The van der Waals surface area contributed by atoms with Crippen LogP contribution in [0.25, 0.3) is 0 Å². The van der Waals surface area contributed by atoms with Crippen LogP contribution in [0.2, 0.25) is 0 Å². The molecule has 124 valence electrons. The Morgan fingerprint density at radius 2 is 1.96 bits per heavy atom. The van der Waals surface area contributed by atoms with Crippen molar-refractivity contribution in [2.45, 2.75) is 37.2 Å². The molecule has 2 heterocycles. The van der Waals surface area contributed by atoms with Crippen LogP contribution >= 0.6 is 0 Å². The Morgan fingerprint density at radius 3 is 2.52 bits per heavy atom. The molecule has 0 amide bonds. The average molecular weight is 333 g/mol. The topological polar surface area (TPSA) is 55.2 Å². The SMILES string of the molecule is Cc1cn(C)c([C@H]2CCCN2Cc2ccc(S(C)(=O)=O)cc2)n1. The van der Waals surface area contributed by atoms with Crippen LogP contribution in [0.3, 0.4) is 0 Å². The summed E-state index contributed by atoms with van der Waals surface area (Å²) in [4.78, 5) is 7.47. The highest BCUT2D eigenvalue weighted by Gasteiger charge is 2.29. The van der Waals surface area contributed by atoms with E-state index in [0.717, 1.165) is 43.0 Å². The summed E-state index contributed by atoms with van der Waals surface area (Å²) in [6.07, 6.45) is 5.58. The molecule has 1 aliphatic heterocycles. The van der Waals surface area contributed by atoms with Gasteiger partial charge in [0, 0.05) is 26.0 Å². The molecule has 0 N–H and O–H groups in total. The lowest BCUT2D eigenvalue weighted by molar-refractivity contribution is 0.236. The van der Waals surface area contributed by atoms with Crippen LogP contribution in [0.15, 0.2) is 35.4 Å². The highest BCUT2D eigenvalue weighted by atomic mass is 32.2. The predicted molar refractivity (Wildman–Crippen MR) is 89.9 cm³/mol. The van der Waals surface area contributed by atoms with Crippen molar-refractivity contribution in [1.29, 1.82) is 0 Å². The molecule has 1 aromatic carbocycles. The number of rotatable bonds is 4. The van der Waals surface area contributed by atoms with Crippen molar-refractivity contribution in [3.8, 4) is 0 Å². The van der Waals surface area contributed by atoms with E-state index >= 15 is 0 Å². The highest BCUT2D eigenvalue weighted by Crippen LogP contribution is 2.32. The zero-order valence-electron chi connectivity index (χ0n) is 13.9. The first-order valence-electron chi connectivity index (χ1n) is 7.87. The van der Waals surface area contributed by atoms with Crippen molar-refractivity contribution in [2.75, 3.05) is 12.8 Å². The van der Waals surface area contributed by atoms with E-state index in [4.69, 9.17) is 0 Å². The van der Waals surface area contributed by atoms with Crippen molar-refractivity contribution in [3.63, 3.8) is 0 Å². The van der Waals surface area contributed by atoms with Gasteiger partial charge in [-0.1, -0.05) is 12.1 Å². The quantitative estimate of drug-likeness (QED) is 0.862. The number of aromatic nitrogens is 2. The molecule has 0 saturated carbocycles. The number of sulfone groups is 1. The van der Waals surface area contributed by atoms with Crippen molar-refractivity contribution < 1.29 is 8.42 Å². The van der Waals surface area contributed by atoms with E-state index in [1.807, 2.05) is 26.1 Å². The fourth-order valence-corrected chi connectivity index (χ4v) is 3.96. The van der Waals surface area contributed by atoms with Crippen LogP contribution < -0.4 is 0 Å². The molecule has 1 aromatic heterocycles. The molecule has 23 heavy (non-hydrogen) atoms. The lowest BCUT2D eigenvalue weighted by atomic mass is 10.1. The van der Waals surface area contributed by atoms with Gasteiger partial charge in [0.05, 0.1) is 16.6 Å². The molecule has 5 nitrogen and oxygen atoms in total. The molecule has 2 aromatic rings. The molecule has 1 saturated heterocycles. The van der Waals surface area contributed by atoms with Crippen LogP contribution in [0, 0.1) is 6.92 Å². The molecule has 0 spiro atoms. The summed E-state index contributed by atoms with van der Waals surface area (Å²) in [5, 5.41) is 0. The van der Waals surface area contributed by atoms with Gasteiger partial charge in [-0.25, -0.2) is 13.4 Å². The predicted octanol–water partition coefficient (Wildman–Crippen LogP) is 2.47. The van der Waals surface area contributed by atoms with E-state index in [2.05, 4.69) is 20.6 Å². The number of imidazole rings is 1. The Hall–Kier alpha value is -1.66. The summed E-state index contributed by atoms with van der Waals surface area (Å²) in [7, 11) is -1.08. The third-order valence-electron chi connectivity index (χ3n) is 4.43. The van der Waals surface area contributed by atoms with Crippen molar-refractivity contribution in [2.24, 2.45) is 7.05 Å². The van der Waals surface area contributed by atoms with E-state index in [-0.39, 0.29) is 0 Å². The molecule has 0 radical (unpaired) electrons. The van der Waals surface area contributed by atoms with Gasteiger partial charge in [0.15, 0.2) is 9.84 Å². The molecule has 6 heteroatoms. The average Bonchev–Trinajstić information content (AvgIpc) is 3.04. The third-order valence-corrected chi connectivity index (χ3v) is 5.56. The maximum atomic E-state index is 11.5. The number of hydrogen-bond donors (Lipinski definition) is 0. The Bertz CT molecular complexity index is 794. The number of aryl methyl sites for hydroxylation is 2. The second-order valence-corrected chi connectivity index (χ2v) is 8.41. The van der Waals surface area contributed by atoms with Crippen molar-refractivity contribution >= 4 is 9.84 Å². The van der Waals surface area contributed by atoms with Gasteiger partial charge in [-0.3, -0.25) is 4.90 Å². The molecule has 1 fully saturated rings. The molecule has 1 aliphatic rings. The molecule has 3 rings (SSSR count). The Balaban J connectivity index is 1.78. The maximum absolute atomic E-state index is 11.5. The van der Waals surface area contributed by atoms with Crippen LogP contribution in [-0.2, 0) is 23.4 Å². The molecule has 0 unspecified atom stereocenters. The van der Waals surface area contributed by atoms with Crippen LogP contribution in [0.5, 0.6) is 0 Å². The van der Waals surface area contributed by atoms with Crippen molar-refractivity contribution in [3.05, 3.63) is 47.5 Å². The van der Waals surface area contributed by atoms with Gasteiger partial charge in [-0.2, -0.15) is 0 Å². The van der Waals surface area contributed by atoms with Crippen LogP contribution in [-0.4, -0.2) is 35.7 Å². The molecular weight excluding hydrogens is 310 g/mol. The van der Waals surface area contributed by atoms with E-state index in [1.54, 1.807) is 12.1 Å². The second kappa shape index (κ2) is 6.09. The lowest BCUT2D eigenvalue weighted by Gasteiger charge is -2.24. The smallest absolute Gasteiger partial charge is 0.175 e. The van der Waals surface area contributed by atoms with Gasteiger partial charge in [0.2, 0.25) is 0 Å². The summed E-state index contributed by atoms with van der Waals surface area (Å²) in [6, 6.07) is 7.55. The minimum Gasteiger partial charge on any atom is -0.336 e. The first-order valence-corrected chi connectivity index (χ1v) is 9.76. The normalized spacial score (nSPS) is 19.3. The summed E-state index contributed by atoms with van der Waals surface area (Å²) >= 11 is 0. The zero-order chi connectivity index (χ0) is 16.6. The van der Waals surface area contributed by atoms with Crippen LogP contribution in [0.4, 0.5) is 0 Å². The molecule has 0 aliphatic carbocycles. The van der Waals surface area contributed by atoms with E-state index in [0.29, 0.717) is 10.9 Å². The number of likely N-dealkylation sites (tertiary alicyclic amines) is 1. The van der Waals surface area contributed by atoms with Gasteiger partial charge >= 0.3 is 0 Å². The summed E-state index contributed by atoms with van der Waals surface area (Å²) in [6.45, 7) is 3.89. The first-order chi connectivity index (χ1) is 10.8. The first kappa shape index (κ1) is 16.2. The number of benzene rings is 1. The number of nitrogens with zero attached hydrogens (tertiary/aromatic N) is 3. The second-order valence-electron chi connectivity index (χ2n) is 6.40. The van der Waals surface area contributed by atoms with E-state index < -0.39 is 9.84 Å². The van der Waals surface area contributed by atoms with Gasteiger partial charge in [0.25, 0.3) is 0 Å².